The lowest BCUT2D eigenvalue weighted by Crippen LogP contribution is -2.28. The van der Waals surface area contributed by atoms with Crippen molar-refractivity contribution in [3.63, 3.8) is 0 Å². The number of fused-ring (bicyclic) bond motifs is 1. The van der Waals surface area contributed by atoms with E-state index in [9.17, 15) is 14.4 Å². The van der Waals surface area contributed by atoms with Crippen LogP contribution in [-0.2, 0) is 20.9 Å². The second kappa shape index (κ2) is 11.4. The number of anilines is 1. The van der Waals surface area contributed by atoms with Gasteiger partial charge in [0.15, 0.2) is 18.1 Å². The molecule has 2 heterocycles. The van der Waals surface area contributed by atoms with E-state index in [4.69, 9.17) is 14.2 Å². The molecule has 0 atom stereocenters. The van der Waals surface area contributed by atoms with Gasteiger partial charge in [0.2, 0.25) is 12.7 Å². The zero-order chi connectivity index (χ0) is 24.6. The summed E-state index contributed by atoms with van der Waals surface area (Å²) in [4.78, 5) is 41.2. The molecule has 0 bridgehead atoms. The molecule has 10 heteroatoms. The van der Waals surface area contributed by atoms with Gasteiger partial charge >= 0.3 is 5.97 Å². The van der Waals surface area contributed by atoms with Gasteiger partial charge in [0.05, 0.1) is 11.3 Å². The highest BCUT2D eigenvalue weighted by molar-refractivity contribution is 8.00. The van der Waals surface area contributed by atoms with Crippen LogP contribution in [0, 0.1) is 6.92 Å². The van der Waals surface area contributed by atoms with Gasteiger partial charge in [-0.05, 0) is 36.8 Å². The molecule has 9 nitrogen and oxygen atoms in total. The zero-order valence-corrected chi connectivity index (χ0v) is 19.7. The number of amides is 2. The van der Waals surface area contributed by atoms with E-state index in [0.717, 1.165) is 22.9 Å². The Morgan fingerprint density at radius 3 is 2.66 bits per heavy atom. The molecule has 1 aliphatic rings. The summed E-state index contributed by atoms with van der Waals surface area (Å²) >= 11 is 1.09. The van der Waals surface area contributed by atoms with Crippen molar-refractivity contribution in [3.05, 3.63) is 77.5 Å². The Hall–Kier alpha value is -4.05. The van der Waals surface area contributed by atoms with E-state index in [-0.39, 0.29) is 24.0 Å². The second-order valence-electron chi connectivity index (χ2n) is 7.60. The highest BCUT2D eigenvalue weighted by Crippen LogP contribution is 2.34. The van der Waals surface area contributed by atoms with Crippen molar-refractivity contribution in [2.24, 2.45) is 0 Å². The lowest BCUT2D eigenvalue weighted by Gasteiger charge is -2.10. The van der Waals surface area contributed by atoms with Crippen LogP contribution in [0.3, 0.4) is 0 Å². The summed E-state index contributed by atoms with van der Waals surface area (Å²) in [5.74, 6) is -0.189. The Kier molecular flexibility index (Phi) is 7.84. The second-order valence-corrected chi connectivity index (χ2v) is 8.56. The first kappa shape index (κ1) is 24.1. The first-order valence-corrected chi connectivity index (χ1v) is 11.7. The van der Waals surface area contributed by atoms with E-state index in [2.05, 4.69) is 15.6 Å². The van der Waals surface area contributed by atoms with Crippen LogP contribution in [-0.4, -0.2) is 41.9 Å². The predicted molar refractivity (Wildman–Crippen MR) is 129 cm³/mol. The average molecular weight is 494 g/mol. The number of carbonyl (C=O) groups is 3. The van der Waals surface area contributed by atoms with Crippen LogP contribution in [0.2, 0.25) is 0 Å². The molecule has 2 aromatic carbocycles. The number of ether oxygens (including phenoxy) is 3. The standard InChI is InChI=1S/C25H23N3O6S/c1-16-4-6-17(7-5-16)12-27-22(29)13-32-25(31)19-3-2-10-26-24(19)35-14-23(30)28-18-8-9-20-21(11-18)34-15-33-20/h2-11H,12-15H2,1H3,(H,27,29)(H,28,30). The summed E-state index contributed by atoms with van der Waals surface area (Å²) in [6, 6.07) is 16.0. The lowest BCUT2D eigenvalue weighted by molar-refractivity contribution is -0.124. The van der Waals surface area contributed by atoms with Crippen LogP contribution in [0.4, 0.5) is 5.69 Å². The maximum atomic E-state index is 12.5. The number of aryl methyl sites for hydroxylation is 1. The number of rotatable bonds is 9. The van der Waals surface area contributed by atoms with Crippen molar-refractivity contribution in [1.82, 2.24) is 10.3 Å². The minimum Gasteiger partial charge on any atom is -0.454 e. The molecule has 2 N–H and O–H groups in total. The summed E-state index contributed by atoms with van der Waals surface area (Å²) < 4.78 is 15.7. The number of carbonyl (C=O) groups excluding carboxylic acids is 3. The Balaban J connectivity index is 1.26. The normalized spacial score (nSPS) is 11.6. The van der Waals surface area contributed by atoms with Gasteiger partial charge in [0.1, 0.15) is 5.03 Å². The summed E-state index contributed by atoms with van der Waals surface area (Å²) in [6.07, 6.45) is 1.52. The Morgan fingerprint density at radius 1 is 1.03 bits per heavy atom. The fourth-order valence-corrected chi connectivity index (χ4v) is 3.92. The molecule has 3 aromatic rings. The van der Waals surface area contributed by atoms with Crippen molar-refractivity contribution in [3.8, 4) is 11.5 Å². The molecule has 2 amide bonds. The van der Waals surface area contributed by atoms with Gasteiger partial charge in [-0.2, -0.15) is 0 Å². The number of hydrogen-bond acceptors (Lipinski definition) is 8. The van der Waals surface area contributed by atoms with E-state index in [1.165, 1.54) is 12.3 Å². The molecular weight excluding hydrogens is 470 g/mol. The number of thioether (sulfide) groups is 1. The third-order valence-electron chi connectivity index (χ3n) is 4.93. The van der Waals surface area contributed by atoms with Crippen molar-refractivity contribution in [2.45, 2.75) is 18.5 Å². The number of aromatic nitrogens is 1. The minimum atomic E-state index is -0.692. The molecule has 0 saturated heterocycles. The first-order valence-electron chi connectivity index (χ1n) is 10.7. The number of benzene rings is 2. The molecule has 0 fully saturated rings. The third kappa shape index (κ3) is 6.73. The summed E-state index contributed by atoms with van der Waals surface area (Å²) in [7, 11) is 0. The third-order valence-corrected chi connectivity index (χ3v) is 5.94. The molecule has 0 aliphatic carbocycles. The SMILES string of the molecule is Cc1ccc(CNC(=O)COC(=O)c2cccnc2SCC(=O)Nc2ccc3c(c2)OCO3)cc1. The maximum absolute atomic E-state index is 12.5. The lowest BCUT2D eigenvalue weighted by atomic mass is 10.1. The van der Waals surface area contributed by atoms with Gasteiger partial charge < -0.3 is 24.8 Å². The molecule has 35 heavy (non-hydrogen) atoms. The van der Waals surface area contributed by atoms with Gasteiger partial charge in [0.25, 0.3) is 5.91 Å². The van der Waals surface area contributed by atoms with Crippen molar-refractivity contribution < 1.29 is 28.6 Å². The molecule has 0 spiro atoms. The van der Waals surface area contributed by atoms with E-state index in [1.807, 2.05) is 31.2 Å². The average Bonchev–Trinajstić information content (AvgIpc) is 3.34. The van der Waals surface area contributed by atoms with Gasteiger partial charge in [0, 0.05) is 24.5 Å². The smallest absolute Gasteiger partial charge is 0.341 e. The van der Waals surface area contributed by atoms with Gasteiger partial charge in [-0.1, -0.05) is 41.6 Å². The van der Waals surface area contributed by atoms with Crippen LogP contribution in [0.5, 0.6) is 11.5 Å². The maximum Gasteiger partial charge on any atom is 0.341 e. The molecule has 4 rings (SSSR count). The molecular formula is C25H23N3O6S. The minimum absolute atomic E-state index is 0.0166. The highest BCUT2D eigenvalue weighted by Gasteiger charge is 2.18. The predicted octanol–water partition coefficient (Wildman–Crippen LogP) is 3.32. The van der Waals surface area contributed by atoms with Crippen LogP contribution < -0.4 is 20.1 Å². The van der Waals surface area contributed by atoms with Gasteiger partial charge in [-0.15, -0.1) is 0 Å². The molecule has 0 radical (unpaired) electrons. The fraction of sp³-hybridized carbons (Fsp3) is 0.200. The molecule has 0 unspecified atom stereocenters. The number of esters is 1. The number of pyridine rings is 1. The van der Waals surface area contributed by atoms with Crippen LogP contribution >= 0.6 is 11.8 Å². The van der Waals surface area contributed by atoms with Crippen LogP contribution in [0.15, 0.2) is 65.8 Å². The summed E-state index contributed by atoms with van der Waals surface area (Å²) in [5, 5.41) is 5.81. The zero-order valence-electron chi connectivity index (χ0n) is 18.9. The number of hydrogen-bond donors (Lipinski definition) is 2. The molecule has 1 aromatic heterocycles. The van der Waals surface area contributed by atoms with Crippen molar-refractivity contribution in [2.75, 3.05) is 24.5 Å². The van der Waals surface area contributed by atoms with E-state index < -0.39 is 18.5 Å². The molecule has 1 aliphatic heterocycles. The van der Waals surface area contributed by atoms with Crippen LogP contribution in [0.1, 0.15) is 21.5 Å². The summed E-state index contributed by atoms with van der Waals surface area (Å²) in [5.41, 5.74) is 2.82. The largest absolute Gasteiger partial charge is 0.454 e. The van der Waals surface area contributed by atoms with E-state index >= 15 is 0 Å². The Labute approximate surface area is 206 Å². The quantitative estimate of drug-likeness (QED) is 0.345. The molecule has 180 valence electrons. The Morgan fingerprint density at radius 2 is 1.83 bits per heavy atom. The van der Waals surface area contributed by atoms with Gasteiger partial charge in [-0.3, -0.25) is 9.59 Å². The Bertz CT molecular complexity index is 1230. The van der Waals surface area contributed by atoms with Crippen molar-refractivity contribution in [1.29, 1.82) is 0 Å². The highest BCUT2D eigenvalue weighted by atomic mass is 32.2. The van der Waals surface area contributed by atoms with Gasteiger partial charge in [-0.25, -0.2) is 9.78 Å². The number of nitrogens with one attached hydrogen (secondary N) is 2. The van der Waals surface area contributed by atoms with E-state index in [1.54, 1.807) is 24.3 Å². The summed E-state index contributed by atoms with van der Waals surface area (Å²) in [6.45, 7) is 2.05. The fourth-order valence-electron chi connectivity index (χ4n) is 3.13. The molecule has 0 saturated carbocycles. The number of nitrogens with zero attached hydrogens (tertiary/aromatic N) is 1. The van der Waals surface area contributed by atoms with E-state index in [0.29, 0.717) is 28.8 Å². The van der Waals surface area contributed by atoms with Crippen LogP contribution in [0.25, 0.3) is 0 Å². The topological polar surface area (TPSA) is 116 Å². The first-order chi connectivity index (χ1) is 17.0. The van der Waals surface area contributed by atoms with Crippen molar-refractivity contribution >= 4 is 35.2 Å². The monoisotopic (exact) mass is 493 g/mol.